The zero-order valence-electron chi connectivity index (χ0n) is 11.8. The zero-order chi connectivity index (χ0) is 14.4. The zero-order valence-corrected chi connectivity index (χ0v) is 12.6. The molecule has 20 heavy (non-hydrogen) atoms. The molecule has 0 aliphatic rings. The molecule has 1 heterocycles. The second kappa shape index (κ2) is 7.33. The van der Waals surface area contributed by atoms with E-state index in [0.29, 0.717) is 13.0 Å². The maximum Gasteiger partial charge on any atom is 0.204 e. The molecule has 1 atom stereocenters. The van der Waals surface area contributed by atoms with E-state index in [1.165, 1.54) is 17.1 Å². The van der Waals surface area contributed by atoms with Crippen LogP contribution in [0.1, 0.15) is 23.9 Å². The van der Waals surface area contributed by atoms with E-state index in [9.17, 15) is 5.11 Å². The molecule has 108 valence electrons. The highest BCUT2D eigenvalue weighted by Gasteiger charge is 2.12. The Labute approximate surface area is 123 Å². The monoisotopic (exact) mass is 292 g/mol. The van der Waals surface area contributed by atoms with E-state index in [-0.39, 0.29) is 12.6 Å². The molecule has 2 rings (SSSR count). The van der Waals surface area contributed by atoms with Gasteiger partial charge in [-0.2, -0.15) is 4.37 Å². The molecule has 0 fully saturated rings. The topological polar surface area (TPSA) is 61.3 Å². The molecule has 0 saturated heterocycles. The summed E-state index contributed by atoms with van der Waals surface area (Å²) in [6.07, 6.45) is 0.675. The summed E-state index contributed by atoms with van der Waals surface area (Å²) in [7, 11) is 3.91. The van der Waals surface area contributed by atoms with Crippen molar-refractivity contribution in [2.24, 2.45) is 0 Å². The second-order valence-corrected chi connectivity index (χ2v) is 5.47. The van der Waals surface area contributed by atoms with Crippen LogP contribution in [0, 0.1) is 0 Å². The van der Waals surface area contributed by atoms with Crippen molar-refractivity contribution in [1.29, 1.82) is 0 Å². The molecular weight excluding hydrogens is 272 g/mol. The van der Waals surface area contributed by atoms with E-state index in [1.807, 2.05) is 37.2 Å². The highest BCUT2D eigenvalue weighted by atomic mass is 32.1. The number of aliphatic hydroxyl groups excluding tert-OH is 1. The normalized spacial score (nSPS) is 12.3. The number of aliphatic hydroxyl groups is 1. The van der Waals surface area contributed by atoms with Crippen LogP contribution < -0.4 is 10.2 Å². The average molecular weight is 292 g/mol. The van der Waals surface area contributed by atoms with E-state index < -0.39 is 0 Å². The summed E-state index contributed by atoms with van der Waals surface area (Å²) in [4.78, 5) is 6.39. The van der Waals surface area contributed by atoms with Gasteiger partial charge in [-0.05, 0) is 12.0 Å². The van der Waals surface area contributed by atoms with Gasteiger partial charge in [0, 0.05) is 38.3 Å². The molecule has 6 heteroatoms. The third-order valence-corrected chi connectivity index (χ3v) is 3.89. The highest BCUT2D eigenvalue weighted by molar-refractivity contribution is 7.09. The van der Waals surface area contributed by atoms with Crippen molar-refractivity contribution >= 4 is 16.7 Å². The molecule has 0 radical (unpaired) electrons. The van der Waals surface area contributed by atoms with Gasteiger partial charge in [0.2, 0.25) is 5.13 Å². The largest absolute Gasteiger partial charge is 0.396 e. The van der Waals surface area contributed by atoms with E-state index >= 15 is 0 Å². The first-order valence-electron chi connectivity index (χ1n) is 6.60. The minimum atomic E-state index is 0.118. The lowest BCUT2D eigenvalue weighted by atomic mass is 10.0. The number of aromatic nitrogens is 2. The van der Waals surface area contributed by atoms with Crippen molar-refractivity contribution in [3.63, 3.8) is 0 Å². The maximum absolute atomic E-state index is 9.20. The second-order valence-electron chi connectivity index (χ2n) is 4.74. The Hall–Kier alpha value is -1.50. The first kappa shape index (κ1) is 14.9. The van der Waals surface area contributed by atoms with Crippen molar-refractivity contribution in [3.05, 3.63) is 41.7 Å². The van der Waals surface area contributed by atoms with Crippen LogP contribution in [0.2, 0.25) is 0 Å². The van der Waals surface area contributed by atoms with Gasteiger partial charge in [-0.15, -0.1) is 0 Å². The number of rotatable bonds is 7. The van der Waals surface area contributed by atoms with Gasteiger partial charge >= 0.3 is 0 Å². The molecular formula is C14H20N4OS. The van der Waals surface area contributed by atoms with Crippen LogP contribution in [0.4, 0.5) is 5.13 Å². The molecule has 0 spiro atoms. The standard InChI is InChI=1S/C14H20N4OS/c1-18(2)14-16-13(17-20-14)10-15-12(8-9-19)11-6-4-3-5-7-11/h3-7,12,15,19H,8-10H2,1-2H3. The predicted molar refractivity (Wildman–Crippen MR) is 82.0 cm³/mol. The molecule has 1 aromatic carbocycles. The van der Waals surface area contributed by atoms with Crippen molar-refractivity contribution in [3.8, 4) is 0 Å². The number of benzene rings is 1. The fraction of sp³-hybridized carbons (Fsp3) is 0.429. The molecule has 0 amide bonds. The first-order valence-corrected chi connectivity index (χ1v) is 7.37. The minimum Gasteiger partial charge on any atom is -0.396 e. The molecule has 0 aliphatic carbocycles. The van der Waals surface area contributed by atoms with Crippen molar-refractivity contribution in [2.75, 3.05) is 25.6 Å². The Morgan fingerprint density at radius 3 is 2.65 bits per heavy atom. The Morgan fingerprint density at radius 2 is 2.05 bits per heavy atom. The first-order chi connectivity index (χ1) is 9.70. The van der Waals surface area contributed by atoms with Gasteiger partial charge in [-0.3, -0.25) is 0 Å². The lowest BCUT2D eigenvalue weighted by Crippen LogP contribution is -2.22. The molecule has 0 saturated carbocycles. The van der Waals surface area contributed by atoms with Crippen LogP contribution in [-0.4, -0.2) is 35.2 Å². The number of nitrogens with zero attached hydrogens (tertiary/aromatic N) is 3. The van der Waals surface area contributed by atoms with E-state index in [4.69, 9.17) is 0 Å². The van der Waals surface area contributed by atoms with Gasteiger partial charge in [0.15, 0.2) is 5.82 Å². The SMILES string of the molecule is CN(C)c1nc(CNC(CCO)c2ccccc2)ns1. The molecule has 5 nitrogen and oxygen atoms in total. The molecule has 0 bridgehead atoms. The number of nitrogens with one attached hydrogen (secondary N) is 1. The Morgan fingerprint density at radius 1 is 1.30 bits per heavy atom. The molecule has 2 aromatic rings. The van der Waals surface area contributed by atoms with Crippen molar-refractivity contribution in [1.82, 2.24) is 14.7 Å². The minimum absolute atomic E-state index is 0.118. The number of hydrogen-bond acceptors (Lipinski definition) is 6. The smallest absolute Gasteiger partial charge is 0.204 e. The Balaban J connectivity index is 1.98. The fourth-order valence-electron chi connectivity index (χ4n) is 1.91. The Bertz CT molecular complexity index is 515. The summed E-state index contributed by atoms with van der Waals surface area (Å²) < 4.78 is 4.33. The lowest BCUT2D eigenvalue weighted by Gasteiger charge is -2.17. The molecule has 0 aliphatic heterocycles. The molecule has 1 unspecified atom stereocenters. The van der Waals surface area contributed by atoms with Gasteiger partial charge in [0.05, 0.1) is 6.54 Å². The van der Waals surface area contributed by atoms with Gasteiger partial charge < -0.3 is 15.3 Å². The summed E-state index contributed by atoms with van der Waals surface area (Å²) in [6, 6.07) is 10.2. The summed E-state index contributed by atoms with van der Waals surface area (Å²) in [5.41, 5.74) is 1.17. The molecule has 2 N–H and O–H groups in total. The van der Waals surface area contributed by atoms with Crippen LogP contribution >= 0.6 is 11.5 Å². The van der Waals surface area contributed by atoms with Crippen LogP contribution in [0.5, 0.6) is 0 Å². The summed E-state index contributed by atoms with van der Waals surface area (Å²) in [5.74, 6) is 0.789. The van der Waals surface area contributed by atoms with E-state index in [2.05, 4.69) is 26.8 Å². The third-order valence-electron chi connectivity index (χ3n) is 2.97. The van der Waals surface area contributed by atoms with Crippen molar-refractivity contribution < 1.29 is 5.11 Å². The van der Waals surface area contributed by atoms with Gasteiger partial charge in [-0.25, -0.2) is 4.98 Å². The van der Waals surface area contributed by atoms with Crippen LogP contribution in [-0.2, 0) is 6.54 Å². The van der Waals surface area contributed by atoms with Gasteiger partial charge in [0.1, 0.15) is 0 Å². The van der Waals surface area contributed by atoms with Crippen LogP contribution in [0.3, 0.4) is 0 Å². The summed E-state index contributed by atoms with van der Waals surface area (Å²) in [5, 5.41) is 13.5. The van der Waals surface area contributed by atoms with E-state index in [0.717, 1.165) is 11.0 Å². The Kier molecular flexibility index (Phi) is 5.46. The van der Waals surface area contributed by atoms with Gasteiger partial charge in [-0.1, -0.05) is 30.3 Å². The van der Waals surface area contributed by atoms with E-state index in [1.54, 1.807) is 0 Å². The molecule has 1 aromatic heterocycles. The quantitative estimate of drug-likeness (QED) is 0.815. The third kappa shape index (κ3) is 4.00. The number of hydrogen-bond donors (Lipinski definition) is 2. The predicted octanol–water partition coefficient (Wildman–Crippen LogP) is 1.82. The van der Waals surface area contributed by atoms with Crippen LogP contribution in [0.25, 0.3) is 0 Å². The summed E-state index contributed by atoms with van der Waals surface area (Å²) >= 11 is 1.39. The lowest BCUT2D eigenvalue weighted by molar-refractivity contribution is 0.264. The maximum atomic E-state index is 9.20. The number of anilines is 1. The fourth-order valence-corrected chi connectivity index (χ4v) is 2.52. The highest BCUT2D eigenvalue weighted by Crippen LogP contribution is 2.18. The van der Waals surface area contributed by atoms with Gasteiger partial charge in [0.25, 0.3) is 0 Å². The summed E-state index contributed by atoms with van der Waals surface area (Å²) in [6.45, 7) is 0.754. The average Bonchev–Trinajstić information content (AvgIpc) is 2.93. The van der Waals surface area contributed by atoms with Crippen molar-refractivity contribution in [2.45, 2.75) is 19.0 Å². The van der Waals surface area contributed by atoms with Crippen LogP contribution in [0.15, 0.2) is 30.3 Å².